The number of nitrogens with zero attached hydrogens (tertiary/aromatic N) is 2. The second kappa shape index (κ2) is 6.94. The highest BCUT2D eigenvalue weighted by Gasteiger charge is 2.22. The summed E-state index contributed by atoms with van der Waals surface area (Å²) < 4.78 is 5.00. The molecule has 3 rings (SSSR count). The lowest BCUT2D eigenvalue weighted by Crippen LogP contribution is -2.00. The summed E-state index contributed by atoms with van der Waals surface area (Å²) in [6.45, 7) is 2.02. The summed E-state index contributed by atoms with van der Waals surface area (Å²) in [5.74, 6) is 0. The maximum atomic E-state index is 11.3. The molecule has 26 heavy (non-hydrogen) atoms. The van der Waals surface area contributed by atoms with Crippen LogP contribution in [0.1, 0.15) is 24.2 Å². The summed E-state index contributed by atoms with van der Waals surface area (Å²) >= 11 is 0. The van der Waals surface area contributed by atoms with E-state index in [9.17, 15) is 14.9 Å². The van der Waals surface area contributed by atoms with E-state index in [1.54, 1.807) is 43.5 Å². The fraction of sp³-hybridized carbons (Fsp3) is 0.111. The first-order valence-electron chi connectivity index (χ1n) is 7.69. The fourth-order valence-corrected chi connectivity index (χ4v) is 2.78. The number of H-pyrrole nitrogens is 1. The fourth-order valence-electron chi connectivity index (χ4n) is 2.78. The Labute approximate surface area is 148 Å². The maximum absolute atomic E-state index is 11.3. The number of carbonyl (C=O) groups excluding carboxylic acids is 1. The predicted molar refractivity (Wildman–Crippen MR) is 95.0 cm³/mol. The summed E-state index contributed by atoms with van der Waals surface area (Å²) in [5.41, 5.74) is 2.75. The van der Waals surface area contributed by atoms with Gasteiger partial charge in [0, 0.05) is 34.6 Å². The maximum Gasteiger partial charge on any atom is 0.293 e. The number of fused-ring (bicyclic) bond motifs is 1. The van der Waals surface area contributed by atoms with Crippen molar-refractivity contribution in [3.63, 3.8) is 0 Å². The Hall–Kier alpha value is -3.86. The highest BCUT2D eigenvalue weighted by Crippen LogP contribution is 2.38. The number of anilines is 2. The van der Waals surface area contributed by atoms with Crippen LogP contribution in [0.2, 0.25) is 0 Å². The average molecular weight is 350 g/mol. The number of aromatic nitrogens is 1. The second-order valence-electron chi connectivity index (χ2n) is 5.57. The van der Waals surface area contributed by atoms with E-state index in [1.165, 1.54) is 6.07 Å². The van der Waals surface area contributed by atoms with Crippen molar-refractivity contribution in [2.45, 2.75) is 13.0 Å². The number of hydrogen-bond acceptors (Lipinski definition) is 6. The van der Waals surface area contributed by atoms with Gasteiger partial charge in [-0.05, 0) is 37.3 Å². The van der Waals surface area contributed by atoms with Gasteiger partial charge in [0.2, 0.25) is 0 Å². The summed E-state index contributed by atoms with van der Waals surface area (Å²) in [7, 11) is 0. The van der Waals surface area contributed by atoms with Crippen LogP contribution >= 0.6 is 0 Å². The molecular weight excluding hydrogens is 336 g/mol. The van der Waals surface area contributed by atoms with Gasteiger partial charge in [0.1, 0.15) is 11.6 Å². The first kappa shape index (κ1) is 17.0. The minimum atomic E-state index is -0.579. The van der Waals surface area contributed by atoms with Crippen LogP contribution in [-0.2, 0) is 9.53 Å². The number of aromatic amines is 1. The SMILES string of the molecule is CC(OC=O)c1c[nH]c2c([N+](=O)[O-])ccc(Nc3ccc(C#N)cc3)c12. The van der Waals surface area contributed by atoms with E-state index < -0.39 is 11.0 Å². The van der Waals surface area contributed by atoms with E-state index in [2.05, 4.69) is 10.3 Å². The topological polar surface area (TPSA) is 121 Å². The molecule has 0 saturated carbocycles. The molecule has 0 saturated heterocycles. The number of benzene rings is 2. The largest absolute Gasteiger partial charge is 0.460 e. The van der Waals surface area contributed by atoms with Gasteiger partial charge in [-0.1, -0.05) is 0 Å². The van der Waals surface area contributed by atoms with Gasteiger partial charge in [-0.25, -0.2) is 0 Å². The second-order valence-corrected chi connectivity index (χ2v) is 5.57. The molecule has 0 bridgehead atoms. The Morgan fingerprint density at radius 1 is 1.31 bits per heavy atom. The number of carbonyl (C=O) groups is 1. The number of nitriles is 1. The smallest absolute Gasteiger partial charge is 0.293 e. The lowest BCUT2D eigenvalue weighted by Gasteiger charge is -2.13. The molecule has 0 aliphatic rings. The van der Waals surface area contributed by atoms with Crippen LogP contribution in [0.15, 0.2) is 42.6 Å². The molecule has 0 spiro atoms. The van der Waals surface area contributed by atoms with Gasteiger partial charge >= 0.3 is 0 Å². The Balaban J connectivity index is 2.12. The Morgan fingerprint density at radius 3 is 2.65 bits per heavy atom. The molecule has 0 fully saturated rings. The van der Waals surface area contributed by atoms with Gasteiger partial charge in [0.15, 0.2) is 0 Å². The standard InChI is InChI=1S/C18H14N4O4/c1-11(26-10-23)14-9-20-18-16(22(24)25)7-6-15(17(14)18)21-13-4-2-12(8-19)3-5-13/h2-7,9-11,20-21H,1H3. The molecule has 0 amide bonds. The minimum Gasteiger partial charge on any atom is -0.460 e. The van der Waals surface area contributed by atoms with Crippen LogP contribution in [0, 0.1) is 21.4 Å². The van der Waals surface area contributed by atoms with Crippen LogP contribution in [-0.4, -0.2) is 16.4 Å². The van der Waals surface area contributed by atoms with Crippen molar-refractivity contribution in [2.75, 3.05) is 5.32 Å². The molecule has 8 heteroatoms. The van der Waals surface area contributed by atoms with E-state index >= 15 is 0 Å². The van der Waals surface area contributed by atoms with E-state index in [0.717, 1.165) is 5.69 Å². The molecule has 2 N–H and O–H groups in total. The van der Waals surface area contributed by atoms with Crippen molar-refractivity contribution in [1.82, 2.24) is 4.98 Å². The zero-order valence-electron chi connectivity index (χ0n) is 13.7. The van der Waals surface area contributed by atoms with Crippen molar-refractivity contribution in [3.05, 3.63) is 63.8 Å². The molecule has 3 aromatic rings. The third-order valence-electron chi connectivity index (χ3n) is 4.03. The third-order valence-corrected chi connectivity index (χ3v) is 4.03. The quantitative estimate of drug-likeness (QED) is 0.395. The molecule has 2 aromatic carbocycles. The van der Waals surface area contributed by atoms with Gasteiger partial charge in [-0.3, -0.25) is 14.9 Å². The van der Waals surface area contributed by atoms with E-state index in [1.807, 2.05) is 6.07 Å². The van der Waals surface area contributed by atoms with Crippen LogP contribution in [0.5, 0.6) is 0 Å². The Morgan fingerprint density at radius 2 is 2.04 bits per heavy atom. The Kier molecular flexibility index (Phi) is 4.53. The van der Waals surface area contributed by atoms with Crippen molar-refractivity contribution < 1.29 is 14.5 Å². The number of non-ortho nitro benzene ring substituents is 1. The van der Waals surface area contributed by atoms with Gasteiger partial charge in [-0.15, -0.1) is 0 Å². The van der Waals surface area contributed by atoms with Crippen molar-refractivity contribution in [1.29, 1.82) is 5.26 Å². The van der Waals surface area contributed by atoms with Gasteiger partial charge < -0.3 is 15.0 Å². The number of ether oxygens (including phenoxy) is 1. The average Bonchev–Trinajstić information content (AvgIpc) is 3.08. The van der Waals surface area contributed by atoms with Crippen molar-refractivity contribution in [2.24, 2.45) is 0 Å². The van der Waals surface area contributed by atoms with Gasteiger partial charge in [0.25, 0.3) is 12.2 Å². The summed E-state index contributed by atoms with van der Waals surface area (Å²) in [5, 5.41) is 23.9. The molecule has 1 heterocycles. The zero-order valence-corrected chi connectivity index (χ0v) is 13.7. The van der Waals surface area contributed by atoms with E-state index in [4.69, 9.17) is 10.00 Å². The van der Waals surface area contributed by atoms with Gasteiger partial charge in [-0.2, -0.15) is 5.26 Å². The number of nitro groups is 1. The lowest BCUT2D eigenvalue weighted by atomic mass is 10.1. The lowest BCUT2D eigenvalue weighted by molar-refractivity contribution is -0.383. The molecule has 0 aliphatic heterocycles. The molecular formula is C18H14N4O4. The molecule has 1 aromatic heterocycles. The molecule has 0 radical (unpaired) electrons. The zero-order chi connectivity index (χ0) is 18.7. The van der Waals surface area contributed by atoms with Crippen molar-refractivity contribution in [3.8, 4) is 6.07 Å². The molecule has 1 atom stereocenters. The summed E-state index contributed by atoms with van der Waals surface area (Å²) in [6.07, 6.45) is 1.01. The van der Waals surface area contributed by atoms with Crippen LogP contribution in [0.4, 0.5) is 17.1 Å². The number of nitro benzene ring substituents is 1. The number of nitrogens with one attached hydrogen (secondary N) is 2. The summed E-state index contributed by atoms with van der Waals surface area (Å²) in [4.78, 5) is 24.4. The normalized spacial score (nSPS) is 11.5. The number of hydrogen-bond donors (Lipinski definition) is 2. The van der Waals surface area contributed by atoms with Crippen LogP contribution < -0.4 is 5.32 Å². The van der Waals surface area contributed by atoms with Crippen LogP contribution in [0.25, 0.3) is 10.9 Å². The Bertz CT molecular complexity index is 1020. The van der Waals surface area contributed by atoms with E-state index in [0.29, 0.717) is 34.2 Å². The predicted octanol–water partition coefficient (Wildman–Crippen LogP) is 3.93. The minimum absolute atomic E-state index is 0.0741. The monoisotopic (exact) mass is 350 g/mol. The number of rotatable bonds is 6. The first-order chi connectivity index (χ1) is 12.5. The molecule has 1 unspecified atom stereocenters. The van der Waals surface area contributed by atoms with E-state index in [-0.39, 0.29) is 5.69 Å². The van der Waals surface area contributed by atoms with Gasteiger partial charge in [0.05, 0.1) is 16.6 Å². The molecule has 0 aliphatic carbocycles. The third kappa shape index (κ3) is 3.06. The van der Waals surface area contributed by atoms with Crippen LogP contribution in [0.3, 0.4) is 0 Å². The molecule has 8 nitrogen and oxygen atoms in total. The first-order valence-corrected chi connectivity index (χ1v) is 7.69. The van der Waals surface area contributed by atoms with Crippen molar-refractivity contribution >= 4 is 34.4 Å². The molecule has 130 valence electrons. The highest BCUT2D eigenvalue weighted by atomic mass is 16.6. The highest BCUT2D eigenvalue weighted by molar-refractivity contribution is 6.01. The summed E-state index contributed by atoms with van der Waals surface area (Å²) in [6, 6.07) is 11.9.